The van der Waals surface area contributed by atoms with Gasteiger partial charge in [0.15, 0.2) is 0 Å². The summed E-state index contributed by atoms with van der Waals surface area (Å²) in [7, 11) is 0. The highest BCUT2D eigenvalue weighted by atomic mass is 16.5. The Morgan fingerprint density at radius 3 is 3.00 bits per heavy atom. The summed E-state index contributed by atoms with van der Waals surface area (Å²) in [5, 5.41) is 3.14. The molecule has 1 aromatic rings. The van der Waals surface area contributed by atoms with Crippen molar-refractivity contribution >= 4 is 5.91 Å². The van der Waals surface area contributed by atoms with Crippen molar-refractivity contribution in [2.24, 2.45) is 11.8 Å². The molecule has 146 valence electrons. The van der Waals surface area contributed by atoms with Crippen molar-refractivity contribution < 1.29 is 14.3 Å². The summed E-state index contributed by atoms with van der Waals surface area (Å²) in [6, 6.07) is 6.21. The summed E-state index contributed by atoms with van der Waals surface area (Å²) in [6.45, 7) is 6.52. The van der Waals surface area contributed by atoms with E-state index in [1.54, 1.807) is 6.07 Å². The molecule has 1 amide bonds. The molecule has 0 radical (unpaired) electrons. The maximum absolute atomic E-state index is 12.5. The average Bonchev–Trinajstić information content (AvgIpc) is 3.35. The Labute approximate surface area is 160 Å². The molecule has 4 aliphatic heterocycles. The number of hydrogen-bond acceptors (Lipinski definition) is 5. The molecule has 0 aliphatic carbocycles. The first-order valence-electron chi connectivity index (χ1n) is 10.4. The van der Waals surface area contributed by atoms with Gasteiger partial charge in [0.05, 0.1) is 11.7 Å². The molecule has 4 fully saturated rings. The number of rotatable bonds is 4. The second-order valence-corrected chi connectivity index (χ2v) is 8.68. The normalized spacial score (nSPS) is 36.1. The Balaban J connectivity index is 1.25. The van der Waals surface area contributed by atoms with Gasteiger partial charge in [0, 0.05) is 56.4 Å². The van der Waals surface area contributed by atoms with Crippen LogP contribution in [0.2, 0.25) is 0 Å². The Morgan fingerprint density at radius 1 is 1.33 bits per heavy atom. The summed E-state index contributed by atoms with van der Waals surface area (Å²) in [4.78, 5) is 19.5. The fourth-order valence-corrected chi connectivity index (χ4v) is 5.80. The number of carbonyl (C=O) groups excluding carboxylic acids is 1. The van der Waals surface area contributed by atoms with Crippen LogP contribution in [0.1, 0.15) is 41.9 Å². The van der Waals surface area contributed by atoms with Crippen LogP contribution in [0.5, 0.6) is 0 Å². The number of amides is 1. The highest BCUT2D eigenvalue weighted by Gasteiger charge is 2.63. The summed E-state index contributed by atoms with van der Waals surface area (Å²) in [5.74, 6) is 0.872. The van der Waals surface area contributed by atoms with Gasteiger partial charge in [-0.2, -0.15) is 0 Å². The fraction of sp³-hybridized carbons (Fsp3) is 0.714. The monoisotopic (exact) mass is 371 g/mol. The van der Waals surface area contributed by atoms with Crippen LogP contribution in [0, 0.1) is 18.8 Å². The van der Waals surface area contributed by atoms with E-state index in [9.17, 15) is 4.79 Å². The number of nitrogens with one attached hydrogen (secondary N) is 1. The van der Waals surface area contributed by atoms with E-state index in [2.05, 4.69) is 15.2 Å². The van der Waals surface area contributed by atoms with Gasteiger partial charge in [-0.3, -0.25) is 9.69 Å². The first-order valence-corrected chi connectivity index (χ1v) is 10.4. The second kappa shape index (κ2) is 6.83. The van der Waals surface area contributed by atoms with E-state index in [1.165, 1.54) is 6.42 Å². The van der Waals surface area contributed by atoms with E-state index in [1.807, 2.05) is 19.1 Å². The van der Waals surface area contributed by atoms with Gasteiger partial charge in [-0.1, -0.05) is 6.07 Å². The molecule has 1 spiro atoms. The fourth-order valence-electron chi connectivity index (χ4n) is 5.80. The summed E-state index contributed by atoms with van der Waals surface area (Å²) < 4.78 is 12.1. The lowest BCUT2D eigenvalue weighted by Crippen LogP contribution is -2.42. The minimum Gasteiger partial charge on any atom is -0.381 e. The van der Waals surface area contributed by atoms with Crippen molar-refractivity contribution in [1.82, 2.24) is 15.2 Å². The largest absolute Gasteiger partial charge is 0.381 e. The van der Waals surface area contributed by atoms with Crippen LogP contribution in [0.25, 0.3) is 0 Å². The van der Waals surface area contributed by atoms with E-state index in [0.29, 0.717) is 36.2 Å². The molecule has 6 heteroatoms. The number of hydrogen-bond donors (Lipinski definition) is 1. The van der Waals surface area contributed by atoms with Crippen LogP contribution in [0.15, 0.2) is 18.2 Å². The standard InChI is InChI=1S/C21H29N3O3/c1-14-3-2-4-18(23-14)20(25)22-11-16-17-12-24(15-6-9-26-10-7-15)13-21(17)8-5-19(16)27-21/h2-4,15-17,19H,5-13H2,1H3,(H,22,25)/t16-,17+,19+,21+/m0/s1. The first-order chi connectivity index (χ1) is 13.1. The number of carbonyl (C=O) groups is 1. The number of pyridine rings is 1. The molecular weight excluding hydrogens is 342 g/mol. The van der Waals surface area contributed by atoms with Crippen LogP contribution in [0.4, 0.5) is 0 Å². The molecule has 27 heavy (non-hydrogen) atoms. The molecule has 6 nitrogen and oxygen atoms in total. The molecule has 0 saturated carbocycles. The third-order valence-electron chi connectivity index (χ3n) is 7.14. The molecular formula is C21H29N3O3. The van der Waals surface area contributed by atoms with E-state index in [4.69, 9.17) is 9.47 Å². The highest BCUT2D eigenvalue weighted by molar-refractivity contribution is 5.92. The van der Waals surface area contributed by atoms with Crippen molar-refractivity contribution in [3.63, 3.8) is 0 Å². The van der Waals surface area contributed by atoms with Crippen LogP contribution in [0.3, 0.4) is 0 Å². The first kappa shape index (κ1) is 17.6. The predicted octanol–water partition coefficient (Wildman–Crippen LogP) is 1.78. The van der Waals surface area contributed by atoms with Crippen molar-refractivity contribution in [2.75, 3.05) is 32.8 Å². The molecule has 4 aliphatic rings. The molecule has 5 heterocycles. The third kappa shape index (κ3) is 3.08. The average molecular weight is 371 g/mol. The van der Waals surface area contributed by atoms with Crippen LogP contribution in [-0.2, 0) is 9.47 Å². The highest BCUT2D eigenvalue weighted by Crippen LogP contribution is 2.55. The summed E-state index contributed by atoms with van der Waals surface area (Å²) in [6.07, 6.45) is 4.87. The maximum atomic E-state index is 12.5. The Kier molecular flexibility index (Phi) is 4.45. The number of nitrogens with zero attached hydrogens (tertiary/aromatic N) is 2. The van der Waals surface area contributed by atoms with Crippen LogP contribution in [-0.4, -0.2) is 66.4 Å². The predicted molar refractivity (Wildman–Crippen MR) is 101 cm³/mol. The van der Waals surface area contributed by atoms with E-state index < -0.39 is 0 Å². The van der Waals surface area contributed by atoms with Gasteiger partial charge >= 0.3 is 0 Å². The van der Waals surface area contributed by atoms with Gasteiger partial charge < -0.3 is 14.8 Å². The molecule has 0 aromatic carbocycles. The third-order valence-corrected chi connectivity index (χ3v) is 7.14. The molecule has 1 aromatic heterocycles. The number of aromatic nitrogens is 1. The van der Waals surface area contributed by atoms with Crippen molar-refractivity contribution in [2.45, 2.75) is 50.4 Å². The molecule has 4 atom stereocenters. The molecule has 5 rings (SSSR count). The lowest BCUT2D eigenvalue weighted by Gasteiger charge is -2.32. The summed E-state index contributed by atoms with van der Waals surface area (Å²) in [5.41, 5.74) is 1.40. The van der Waals surface area contributed by atoms with E-state index >= 15 is 0 Å². The number of ether oxygens (including phenoxy) is 2. The van der Waals surface area contributed by atoms with Gasteiger partial charge in [0.25, 0.3) is 5.91 Å². The molecule has 2 bridgehead atoms. The quantitative estimate of drug-likeness (QED) is 0.874. The zero-order chi connectivity index (χ0) is 18.4. The molecule has 1 N–H and O–H groups in total. The van der Waals surface area contributed by atoms with Gasteiger partial charge in [-0.05, 0) is 44.7 Å². The lowest BCUT2D eigenvalue weighted by molar-refractivity contribution is -0.0122. The van der Waals surface area contributed by atoms with E-state index in [-0.39, 0.29) is 11.5 Å². The topological polar surface area (TPSA) is 63.7 Å². The molecule has 4 saturated heterocycles. The van der Waals surface area contributed by atoms with Gasteiger partial charge in [0.1, 0.15) is 5.69 Å². The number of likely N-dealkylation sites (tertiary alicyclic amines) is 1. The lowest BCUT2D eigenvalue weighted by atomic mass is 9.73. The number of fused-ring (bicyclic) bond motifs is 1. The van der Waals surface area contributed by atoms with Gasteiger partial charge in [-0.15, -0.1) is 0 Å². The minimum atomic E-state index is -0.0743. The Bertz CT molecular complexity index is 720. The molecule has 0 unspecified atom stereocenters. The Morgan fingerprint density at radius 2 is 2.19 bits per heavy atom. The summed E-state index contributed by atoms with van der Waals surface area (Å²) >= 11 is 0. The van der Waals surface area contributed by atoms with Crippen molar-refractivity contribution in [3.05, 3.63) is 29.6 Å². The van der Waals surface area contributed by atoms with Gasteiger partial charge in [-0.25, -0.2) is 4.98 Å². The number of aryl methyl sites for hydroxylation is 1. The smallest absolute Gasteiger partial charge is 0.269 e. The minimum absolute atomic E-state index is 0.0277. The van der Waals surface area contributed by atoms with E-state index in [0.717, 1.165) is 51.3 Å². The maximum Gasteiger partial charge on any atom is 0.269 e. The van der Waals surface area contributed by atoms with Crippen molar-refractivity contribution in [1.29, 1.82) is 0 Å². The zero-order valence-electron chi connectivity index (χ0n) is 16.0. The SMILES string of the molecule is Cc1cccc(C(=O)NC[C@H]2[C@H]3CN(C4CCOCC4)C[C@]34CC[C@H]2O4)n1. The second-order valence-electron chi connectivity index (χ2n) is 8.68. The van der Waals surface area contributed by atoms with Crippen LogP contribution < -0.4 is 5.32 Å². The Hall–Kier alpha value is -1.50. The van der Waals surface area contributed by atoms with Crippen molar-refractivity contribution in [3.8, 4) is 0 Å². The zero-order valence-corrected chi connectivity index (χ0v) is 16.0. The van der Waals surface area contributed by atoms with Gasteiger partial charge in [0.2, 0.25) is 0 Å². The van der Waals surface area contributed by atoms with Crippen LogP contribution >= 0.6 is 0 Å².